The molecule has 0 aromatic heterocycles. The number of ether oxygens (including phenoxy) is 4. The molecule has 0 fully saturated rings. The van der Waals surface area contributed by atoms with Gasteiger partial charge in [0.15, 0.2) is 29.1 Å². The molecular formula is C23H27NO5. The summed E-state index contributed by atoms with van der Waals surface area (Å²) < 4.78 is 22.8. The van der Waals surface area contributed by atoms with Crippen molar-refractivity contribution in [3.8, 4) is 23.0 Å². The summed E-state index contributed by atoms with van der Waals surface area (Å²) >= 11 is 0. The van der Waals surface area contributed by atoms with Crippen molar-refractivity contribution in [3.63, 3.8) is 0 Å². The zero-order valence-electron chi connectivity index (χ0n) is 17.1. The van der Waals surface area contributed by atoms with Gasteiger partial charge in [0.2, 0.25) is 5.91 Å². The van der Waals surface area contributed by atoms with E-state index in [1.165, 1.54) is 0 Å². The number of rotatable bonds is 8. The van der Waals surface area contributed by atoms with Gasteiger partial charge in [0, 0.05) is 13.1 Å². The second-order valence-corrected chi connectivity index (χ2v) is 6.62. The van der Waals surface area contributed by atoms with Crippen molar-refractivity contribution in [3.05, 3.63) is 54.1 Å². The van der Waals surface area contributed by atoms with Crippen LogP contribution in [0.2, 0.25) is 0 Å². The number of fused-ring (bicyclic) bond motifs is 1. The first-order valence-corrected chi connectivity index (χ1v) is 9.82. The van der Waals surface area contributed by atoms with E-state index in [4.69, 9.17) is 18.9 Å². The Morgan fingerprint density at radius 2 is 1.83 bits per heavy atom. The molecule has 0 saturated carbocycles. The van der Waals surface area contributed by atoms with Gasteiger partial charge in [0.1, 0.15) is 6.61 Å². The van der Waals surface area contributed by atoms with Crippen LogP contribution in [0.3, 0.4) is 0 Å². The summed E-state index contributed by atoms with van der Waals surface area (Å²) in [5.74, 6) is 2.70. The molecule has 0 radical (unpaired) electrons. The fourth-order valence-electron chi connectivity index (χ4n) is 3.01. The van der Waals surface area contributed by atoms with Crippen molar-refractivity contribution in [2.45, 2.75) is 20.0 Å². The van der Waals surface area contributed by atoms with Crippen LogP contribution in [-0.4, -0.2) is 50.3 Å². The van der Waals surface area contributed by atoms with Crippen molar-refractivity contribution in [1.29, 1.82) is 0 Å². The van der Waals surface area contributed by atoms with E-state index in [2.05, 4.69) is 0 Å². The molecular weight excluding hydrogens is 370 g/mol. The van der Waals surface area contributed by atoms with E-state index in [1.54, 1.807) is 24.1 Å². The predicted octanol–water partition coefficient (Wildman–Crippen LogP) is 3.80. The smallest absolute Gasteiger partial charge is 0.246 e. The van der Waals surface area contributed by atoms with E-state index in [-0.39, 0.29) is 12.0 Å². The van der Waals surface area contributed by atoms with Crippen LogP contribution >= 0.6 is 0 Å². The Morgan fingerprint density at radius 3 is 2.59 bits per heavy atom. The van der Waals surface area contributed by atoms with Gasteiger partial charge in [-0.3, -0.25) is 4.79 Å². The third-order valence-corrected chi connectivity index (χ3v) is 4.41. The number of carbonyl (C=O) groups excluding carboxylic acids is 1. The summed E-state index contributed by atoms with van der Waals surface area (Å²) in [5.41, 5.74) is 0.866. The Bertz CT molecular complexity index is 864. The van der Waals surface area contributed by atoms with Crippen molar-refractivity contribution in [2.24, 2.45) is 0 Å². The lowest BCUT2D eigenvalue weighted by Crippen LogP contribution is -2.41. The number of benzene rings is 2. The van der Waals surface area contributed by atoms with Gasteiger partial charge in [-0.15, -0.1) is 0 Å². The number of likely N-dealkylation sites (N-methyl/N-ethyl adjacent to an activating group) is 1. The Morgan fingerprint density at radius 1 is 1.10 bits per heavy atom. The van der Waals surface area contributed by atoms with E-state index >= 15 is 0 Å². The summed E-state index contributed by atoms with van der Waals surface area (Å²) in [7, 11) is 1.75. The number of hydrogen-bond donors (Lipinski definition) is 0. The van der Waals surface area contributed by atoms with Crippen LogP contribution in [0, 0.1) is 0 Å². The molecule has 0 bridgehead atoms. The molecule has 6 heteroatoms. The van der Waals surface area contributed by atoms with Crippen molar-refractivity contribution < 1.29 is 23.7 Å². The maximum atomic E-state index is 12.5. The highest BCUT2D eigenvalue weighted by atomic mass is 16.6. The predicted molar refractivity (Wildman–Crippen MR) is 112 cm³/mol. The number of nitrogens with zero attached hydrogens (tertiary/aromatic N) is 1. The molecule has 1 atom stereocenters. The zero-order valence-corrected chi connectivity index (χ0v) is 17.1. The summed E-state index contributed by atoms with van der Waals surface area (Å²) in [4.78, 5) is 14.1. The highest BCUT2D eigenvalue weighted by Crippen LogP contribution is 2.31. The van der Waals surface area contributed by atoms with Crippen molar-refractivity contribution in [1.82, 2.24) is 4.90 Å². The van der Waals surface area contributed by atoms with Crippen molar-refractivity contribution >= 4 is 12.0 Å². The molecule has 1 unspecified atom stereocenters. The summed E-state index contributed by atoms with van der Waals surface area (Å²) in [5, 5.41) is 0. The number of hydrogen-bond acceptors (Lipinski definition) is 5. The molecule has 2 aromatic rings. The van der Waals surface area contributed by atoms with E-state index < -0.39 is 0 Å². The number of para-hydroxylation sites is 2. The van der Waals surface area contributed by atoms with Gasteiger partial charge < -0.3 is 23.8 Å². The van der Waals surface area contributed by atoms with Crippen LogP contribution in [0.5, 0.6) is 23.0 Å². The van der Waals surface area contributed by atoms with Gasteiger partial charge in [-0.2, -0.15) is 0 Å². The van der Waals surface area contributed by atoms with Gasteiger partial charge >= 0.3 is 0 Å². The fraction of sp³-hybridized carbons (Fsp3) is 0.348. The third-order valence-electron chi connectivity index (χ3n) is 4.41. The van der Waals surface area contributed by atoms with Crippen LogP contribution in [0.4, 0.5) is 0 Å². The second-order valence-electron chi connectivity index (χ2n) is 6.62. The van der Waals surface area contributed by atoms with E-state index in [9.17, 15) is 4.79 Å². The molecule has 154 valence electrons. The first-order valence-electron chi connectivity index (χ1n) is 9.82. The molecule has 1 aliphatic heterocycles. The van der Waals surface area contributed by atoms with Crippen LogP contribution in [0.15, 0.2) is 48.5 Å². The molecule has 2 aromatic carbocycles. The summed E-state index contributed by atoms with van der Waals surface area (Å²) in [6, 6.07) is 13.2. The lowest BCUT2D eigenvalue weighted by Gasteiger charge is -2.29. The van der Waals surface area contributed by atoms with E-state index in [0.29, 0.717) is 43.6 Å². The largest absolute Gasteiger partial charge is 0.490 e. The maximum Gasteiger partial charge on any atom is 0.246 e. The molecule has 0 saturated heterocycles. The molecule has 1 amide bonds. The maximum absolute atomic E-state index is 12.5. The zero-order chi connectivity index (χ0) is 20.6. The SMILES string of the molecule is CCOc1ccc(/C=C/C(=O)N(C)CC2COc3ccccc3O2)cc1OCC. The van der Waals surface area contributed by atoms with Crippen LogP contribution in [-0.2, 0) is 4.79 Å². The monoisotopic (exact) mass is 397 g/mol. The minimum Gasteiger partial charge on any atom is -0.490 e. The highest BCUT2D eigenvalue weighted by Gasteiger charge is 2.23. The van der Waals surface area contributed by atoms with Crippen LogP contribution in [0.1, 0.15) is 19.4 Å². The average molecular weight is 397 g/mol. The quantitative estimate of drug-likeness (QED) is 0.634. The molecule has 1 heterocycles. The fourth-order valence-corrected chi connectivity index (χ4v) is 3.01. The van der Waals surface area contributed by atoms with Gasteiger partial charge in [-0.25, -0.2) is 0 Å². The Kier molecular flexibility index (Phi) is 7.00. The van der Waals surface area contributed by atoms with E-state index in [1.807, 2.05) is 56.3 Å². The van der Waals surface area contributed by atoms with Crippen LogP contribution < -0.4 is 18.9 Å². The normalized spacial score (nSPS) is 15.2. The number of amides is 1. The summed E-state index contributed by atoms with van der Waals surface area (Å²) in [6.45, 7) is 5.81. The molecule has 1 aliphatic rings. The summed E-state index contributed by atoms with van der Waals surface area (Å²) in [6.07, 6.45) is 3.11. The molecule has 6 nitrogen and oxygen atoms in total. The number of carbonyl (C=O) groups is 1. The lowest BCUT2D eigenvalue weighted by molar-refractivity contribution is -0.126. The molecule has 3 rings (SSSR count). The first-order chi connectivity index (χ1) is 14.1. The van der Waals surface area contributed by atoms with E-state index in [0.717, 1.165) is 11.3 Å². The van der Waals surface area contributed by atoms with Crippen LogP contribution in [0.25, 0.3) is 6.08 Å². The Hall–Kier alpha value is -3.15. The minimum absolute atomic E-state index is 0.112. The topological polar surface area (TPSA) is 57.2 Å². The van der Waals surface area contributed by atoms with Gasteiger partial charge in [0.25, 0.3) is 0 Å². The highest BCUT2D eigenvalue weighted by molar-refractivity contribution is 5.91. The molecule has 0 aliphatic carbocycles. The minimum atomic E-state index is -0.206. The second kappa shape index (κ2) is 9.87. The van der Waals surface area contributed by atoms with Gasteiger partial charge in [0.05, 0.1) is 19.8 Å². The first kappa shape index (κ1) is 20.6. The molecule has 0 spiro atoms. The van der Waals surface area contributed by atoms with Gasteiger partial charge in [-0.05, 0) is 49.8 Å². The standard InChI is InChI=1S/C23H27NO5/c1-4-26-20-12-10-17(14-22(20)27-5-2)11-13-23(25)24(3)15-18-16-28-19-8-6-7-9-21(19)29-18/h6-14,18H,4-5,15-16H2,1-3H3/b13-11+. The molecule has 29 heavy (non-hydrogen) atoms. The Labute approximate surface area is 171 Å². The average Bonchev–Trinajstić information content (AvgIpc) is 2.73. The lowest BCUT2D eigenvalue weighted by atomic mass is 10.2. The van der Waals surface area contributed by atoms with Gasteiger partial charge in [-0.1, -0.05) is 18.2 Å². The Balaban J connectivity index is 1.59. The molecule has 0 N–H and O–H groups in total. The van der Waals surface area contributed by atoms with Crippen molar-refractivity contribution in [2.75, 3.05) is 33.4 Å². The third kappa shape index (κ3) is 5.44.